The van der Waals surface area contributed by atoms with Crippen LogP contribution < -0.4 is 15.8 Å². The van der Waals surface area contributed by atoms with Gasteiger partial charge in [0.15, 0.2) is 0 Å². The Labute approximate surface area is 130 Å². The van der Waals surface area contributed by atoms with Gasteiger partial charge in [-0.1, -0.05) is 6.07 Å². The fraction of sp³-hybridized carbons (Fsp3) is 0.562. The molecule has 1 aliphatic carbocycles. The molecule has 0 unspecified atom stereocenters. The number of ether oxygens (including phenoxy) is 2. The summed E-state index contributed by atoms with van der Waals surface area (Å²) in [5, 5.41) is 12.2. The third kappa shape index (κ3) is 3.69. The third-order valence-electron chi connectivity index (χ3n) is 3.58. The molecule has 1 amide bonds. The molecule has 22 heavy (non-hydrogen) atoms. The molecule has 0 bridgehead atoms. The monoisotopic (exact) mass is 308 g/mol. The van der Waals surface area contributed by atoms with Gasteiger partial charge in [-0.2, -0.15) is 0 Å². The summed E-state index contributed by atoms with van der Waals surface area (Å²) >= 11 is 0. The first-order valence-electron chi connectivity index (χ1n) is 7.28. The van der Waals surface area contributed by atoms with Gasteiger partial charge >= 0.3 is 6.09 Å². The lowest BCUT2D eigenvalue weighted by Gasteiger charge is -2.43. The van der Waals surface area contributed by atoms with Crippen molar-refractivity contribution in [1.29, 1.82) is 0 Å². The maximum atomic E-state index is 11.8. The minimum absolute atomic E-state index is 0.366. The highest BCUT2D eigenvalue weighted by Gasteiger charge is 2.43. The highest BCUT2D eigenvalue weighted by molar-refractivity contribution is 5.85. The van der Waals surface area contributed by atoms with Crippen LogP contribution in [0.4, 0.5) is 10.5 Å². The smallest absolute Gasteiger partial charge is 0.412 e. The topological polar surface area (TPSA) is 93.8 Å². The second-order valence-corrected chi connectivity index (χ2v) is 6.76. The van der Waals surface area contributed by atoms with Crippen molar-refractivity contribution in [3.63, 3.8) is 0 Å². The van der Waals surface area contributed by atoms with E-state index < -0.39 is 17.2 Å². The summed E-state index contributed by atoms with van der Waals surface area (Å²) in [5.41, 5.74) is 6.54. The van der Waals surface area contributed by atoms with Crippen LogP contribution in [0.1, 0.15) is 39.2 Å². The lowest BCUT2D eigenvalue weighted by molar-refractivity contribution is 0.0199. The third-order valence-corrected chi connectivity index (χ3v) is 3.58. The van der Waals surface area contributed by atoms with Crippen molar-refractivity contribution in [3.05, 3.63) is 23.8 Å². The van der Waals surface area contributed by atoms with Crippen LogP contribution in [0, 0.1) is 0 Å². The van der Waals surface area contributed by atoms with Crippen LogP contribution in [0.15, 0.2) is 18.2 Å². The Kier molecular flexibility index (Phi) is 4.35. The first kappa shape index (κ1) is 16.6. The number of carbonyl (C=O) groups is 1. The van der Waals surface area contributed by atoms with Gasteiger partial charge in [0, 0.05) is 22.9 Å². The van der Waals surface area contributed by atoms with Crippen LogP contribution >= 0.6 is 0 Å². The van der Waals surface area contributed by atoms with Crippen molar-refractivity contribution in [1.82, 2.24) is 0 Å². The SMILES string of the molecule is COc1cc(NC(=O)OC(C)(C)C)ccc1C1(N)CC(O)C1. The summed E-state index contributed by atoms with van der Waals surface area (Å²) in [4.78, 5) is 11.8. The van der Waals surface area contributed by atoms with E-state index in [4.69, 9.17) is 15.2 Å². The minimum atomic E-state index is -0.574. The molecule has 6 heteroatoms. The van der Waals surface area contributed by atoms with E-state index in [1.807, 2.05) is 6.07 Å². The summed E-state index contributed by atoms with van der Waals surface area (Å²) in [6.45, 7) is 5.41. The number of hydrogen-bond acceptors (Lipinski definition) is 5. The zero-order valence-electron chi connectivity index (χ0n) is 13.5. The number of nitrogens with two attached hydrogens (primary N) is 1. The minimum Gasteiger partial charge on any atom is -0.496 e. The number of aliphatic hydroxyl groups is 1. The Bertz CT molecular complexity index is 560. The van der Waals surface area contributed by atoms with Gasteiger partial charge in [0.05, 0.1) is 13.2 Å². The average Bonchev–Trinajstić information content (AvgIpc) is 2.34. The maximum absolute atomic E-state index is 11.8. The predicted molar refractivity (Wildman–Crippen MR) is 84.0 cm³/mol. The lowest BCUT2D eigenvalue weighted by Crippen LogP contribution is -2.51. The van der Waals surface area contributed by atoms with Gasteiger partial charge < -0.3 is 20.3 Å². The van der Waals surface area contributed by atoms with Gasteiger partial charge in [0.1, 0.15) is 11.4 Å². The molecule has 1 aromatic carbocycles. The van der Waals surface area contributed by atoms with Crippen LogP contribution in [0.25, 0.3) is 0 Å². The molecule has 0 heterocycles. The summed E-state index contributed by atoms with van der Waals surface area (Å²) in [6, 6.07) is 5.27. The Morgan fingerprint density at radius 2 is 2.05 bits per heavy atom. The number of rotatable bonds is 3. The number of anilines is 1. The molecule has 0 aliphatic heterocycles. The van der Waals surface area contributed by atoms with E-state index in [0.717, 1.165) is 5.56 Å². The summed E-state index contributed by atoms with van der Waals surface area (Å²) in [6.07, 6.45) is 0.114. The van der Waals surface area contributed by atoms with Crippen LogP contribution in [0.5, 0.6) is 5.75 Å². The first-order valence-corrected chi connectivity index (χ1v) is 7.28. The van der Waals surface area contributed by atoms with Gasteiger partial charge in [0.25, 0.3) is 0 Å². The number of amides is 1. The molecule has 0 saturated heterocycles. The van der Waals surface area contributed by atoms with Crippen molar-refractivity contribution in [2.24, 2.45) is 5.73 Å². The van der Waals surface area contributed by atoms with E-state index in [1.54, 1.807) is 40.0 Å². The molecule has 122 valence electrons. The fourth-order valence-corrected chi connectivity index (χ4v) is 2.60. The standard InChI is InChI=1S/C16H24N2O4/c1-15(2,3)22-14(20)18-10-5-6-12(13(7-10)21-4)16(17)8-11(19)9-16/h5-7,11,19H,8-9,17H2,1-4H3,(H,18,20). The molecule has 6 nitrogen and oxygen atoms in total. The van der Waals surface area contributed by atoms with E-state index in [2.05, 4.69) is 5.32 Å². The van der Waals surface area contributed by atoms with Crippen LogP contribution in [0.3, 0.4) is 0 Å². The number of nitrogens with one attached hydrogen (secondary N) is 1. The van der Waals surface area contributed by atoms with E-state index in [1.165, 1.54) is 0 Å². The normalized spacial score (nSPS) is 24.4. The van der Waals surface area contributed by atoms with E-state index in [9.17, 15) is 9.90 Å². The van der Waals surface area contributed by atoms with Crippen molar-refractivity contribution in [2.75, 3.05) is 12.4 Å². The quantitative estimate of drug-likeness (QED) is 0.797. The number of carbonyl (C=O) groups excluding carboxylic acids is 1. The summed E-state index contributed by atoms with van der Waals surface area (Å²) < 4.78 is 10.6. The number of aliphatic hydroxyl groups excluding tert-OH is 1. The molecular weight excluding hydrogens is 284 g/mol. The van der Waals surface area contributed by atoms with Crippen molar-refractivity contribution < 1.29 is 19.4 Å². The van der Waals surface area contributed by atoms with E-state index in [-0.39, 0.29) is 6.10 Å². The highest BCUT2D eigenvalue weighted by Crippen LogP contribution is 2.43. The summed E-state index contributed by atoms with van der Waals surface area (Å²) in [5.74, 6) is 0.586. The second-order valence-electron chi connectivity index (χ2n) is 6.76. The zero-order chi connectivity index (χ0) is 16.5. The molecule has 0 spiro atoms. The molecule has 0 radical (unpaired) electrons. The second kappa shape index (κ2) is 5.78. The number of benzene rings is 1. The van der Waals surface area contributed by atoms with Gasteiger partial charge in [-0.25, -0.2) is 4.79 Å². The van der Waals surface area contributed by atoms with Crippen molar-refractivity contribution in [3.8, 4) is 5.75 Å². The molecule has 1 saturated carbocycles. The molecule has 1 aromatic rings. The van der Waals surface area contributed by atoms with Gasteiger partial charge in [0.2, 0.25) is 0 Å². The molecule has 1 aliphatic rings. The van der Waals surface area contributed by atoms with Gasteiger partial charge in [-0.3, -0.25) is 5.32 Å². The summed E-state index contributed by atoms with van der Waals surface area (Å²) in [7, 11) is 1.55. The molecule has 0 aromatic heterocycles. The number of methoxy groups -OCH3 is 1. The van der Waals surface area contributed by atoms with Gasteiger partial charge in [-0.05, 0) is 39.7 Å². The Morgan fingerprint density at radius 3 is 2.55 bits per heavy atom. The Hall–Kier alpha value is -1.79. The van der Waals surface area contributed by atoms with Crippen molar-refractivity contribution >= 4 is 11.8 Å². The molecule has 4 N–H and O–H groups in total. The van der Waals surface area contributed by atoms with Gasteiger partial charge in [-0.15, -0.1) is 0 Å². The zero-order valence-corrected chi connectivity index (χ0v) is 13.5. The molecule has 0 atom stereocenters. The Morgan fingerprint density at radius 1 is 1.41 bits per heavy atom. The van der Waals surface area contributed by atoms with Crippen molar-refractivity contribution in [2.45, 2.75) is 50.9 Å². The predicted octanol–water partition coefficient (Wildman–Crippen LogP) is 2.35. The largest absolute Gasteiger partial charge is 0.496 e. The van der Waals surface area contributed by atoms with E-state index >= 15 is 0 Å². The highest BCUT2D eigenvalue weighted by atomic mass is 16.6. The lowest BCUT2D eigenvalue weighted by atomic mass is 9.70. The molecule has 1 fully saturated rings. The Balaban J connectivity index is 2.14. The van der Waals surface area contributed by atoms with E-state index in [0.29, 0.717) is 24.3 Å². The molecule has 2 rings (SSSR count). The fourth-order valence-electron chi connectivity index (χ4n) is 2.60. The first-order chi connectivity index (χ1) is 10.1. The maximum Gasteiger partial charge on any atom is 0.412 e. The van der Waals surface area contributed by atoms with Crippen LogP contribution in [-0.2, 0) is 10.3 Å². The molecular formula is C16H24N2O4. The number of hydrogen-bond donors (Lipinski definition) is 3. The average molecular weight is 308 g/mol. The van der Waals surface area contributed by atoms with Crippen LogP contribution in [-0.4, -0.2) is 30.0 Å². The van der Waals surface area contributed by atoms with Crippen LogP contribution in [0.2, 0.25) is 0 Å².